The Morgan fingerprint density at radius 3 is 2.58 bits per heavy atom. The molecule has 31 heavy (non-hydrogen) atoms. The van der Waals surface area contributed by atoms with Gasteiger partial charge in [-0.1, -0.05) is 58.7 Å². The molecule has 0 bridgehead atoms. The minimum atomic E-state index is -0.432. The van der Waals surface area contributed by atoms with E-state index in [0.717, 1.165) is 11.1 Å². The highest BCUT2D eigenvalue weighted by atomic mass is 35.5. The van der Waals surface area contributed by atoms with Gasteiger partial charge in [0, 0.05) is 34.9 Å². The summed E-state index contributed by atoms with van der Waals surface area (Å²) in [5, 5.41) is 5.60. The standard InChI is InChI=1S/C23H14Cl2N4O2/c24-16-9-7-14(8-10-16)13-29-18-6-2-1-5-17(18)19(21(29)25)20(30)23-27-22(28-31-23)15-4-3-11-26-12-15/h1-12H,13H2. The molecule has 3 heterocycles. The largest absolute Gasteiger partial charge is 0.330 e. The number of aromatic nitrogens is 4. The Balaban J connectivity index is 1.57. The van der Waals surface area contributed by atoms with Crippen molar-refractivity contribution in [2.45, 2.75) is 6.54 Å². The predicted molar refractivity (Wildman–Crippen MR) is 118 cm³/mol. The van der Waals surface area contributed by atoms with E-state index >= 15 is 0 Å². The quantitative estimate of drug-likeness (QED) is 0.323. The third-order valence-corrected chi connectivity index (χ3v) is 5.57. The number of nitrogens with zero attached hydrogens (tertiary/aromatic N) is 4. The first-order valence-electron chi connectivity index (χ1n) is 9.42. The van der Waals surface area contributed by atoms with Gasteiger partial charge in [0.25, 0.3) is 11.7 Å². The third kappa shape index (κ3) is 3.60. The van der Waals surface area contributed by atoms with Gasteiger partial charge >= 0.3 is 0 Å². The van der Waals surface area contributed by atoms with Gasteiger partial charge in [-0.2, -0.15) is 4.98 Å². The Bertz CT molecular complexity index is 1390. The molecule has 152 valence electrons. The van der Waals surface area contributed by atoms with Crippen LogP contribution >= 0.6 is 23.2 Å². The van der Waals surface area contributed by atoms with Crippen molar-refractivity contribution in [2.75, 3.05) is 0 Å². The fourth-order valence-electron chi connectivity index (χ4n) is 3.45. The number of halogens is 2. The van der Waals surface area contributed by atoms with Gasteiger partial charge < -0.3 is 9.09 Å². The monoisotopic (exact) mass is 448 g/mol. The van der Waals surface area contributed by atoms with E-state index in [9.17, 15) is 4.79 Å². The predicted octanol–water partition coefficient (Wildman–Crippen LogP) is 5.67. The number of carbonyl (C=O) groups excluding carboxylic acids is 1. The van der Waals surface area contributed by atoms with Crippen LogP contribution in [0.25, 0.3) is 22.3 Å². The minimum absolute atomic E-state index is 0.129. The summed E-state index contributed by atoms with van der Waals surface area (Å²) < 4.78 is 7.14. The van der Waals surface area contributed by atoms with Crippen molar-refractivity contribution >= 4 is 39.9 Å². The van der Waals surface area contributed by atoms with Gasteiger partial charge in [0.2, 0.25) is 5.82 Å². The van der Waals surface area contributed by atoms with E-state index in [1.54, 1.807) is 24.5 Å². The van der Waals surface area contributed by atoms with Crippen molar-refractivity contribution < 1.29 is 9.32 Å². The number of fused-ring (bicyclic) bond motifs is 1. The molecule has 2 aromatic carbocycles. The number of carbonyl (C=O) groups is 1. The van der Waals surface area contributed by atoms with Gasteiger partial charge in [-0.25, -0.2) is 0 Å². The Morgan fingerprint density at radius 2 is 1.81 bits per heavy atom. The smallest absolute Gasteiger partial charge is 0.299 e. The molecule has 3 aromatic heterocycles. The summed E-state index contributed by atoms with van der Waals surface area (Å²) >= 11 is 12.7. The van der Waals surface area contributed by atoms with Crippen LogP contribution < -0.4 is 0 Å². The highest BCUT2D eigenvalue weighted by molar-refractivity contribution is 6.36. The molecule has 0 amide bonds. The fraction of sp³-hybridized carbons (Fsp3) is 0.0435. The summed E-state index contributed by atoms with van der Waals surface area (Å²) in [5.41, 5.74) is 2.81. The summed E-state index contributed by atoms with van der Waals surface area (Å²) in [5.74, 6) is -0.272. The summed E-state index contributed by atoms with van der Waals surface area (Å²) in [6.45, 7) is 0.481. The number of hydrogen-bond acceptors (Lipinski definition) is 5. The topological polar surface area (TPSA) is 73.8 Å². The molecule has 0 aliphatic rings. The van der Waals surface area contributed by atoms with E-state index < -0.39 is 5.78 Å². The lowest BCUT2D eigenvalue weighted by atomic mass is 10.1. The maximum atomic E-state index is 13.3. The molecule has 5 aromatic rings. The van der Waals surface area contributed by atoms with E-state index in [2.05, 4.69) is 15.1 Å². The Hall–Kier alpha value is -3.48. The van der Waals surface area contributed by atoms with Crippen LogP contribution in [-0.4, -0.2) is 25.5 Å². The molecule has 0 atom stereocenters. The second-order valence-corrected chi connectivity index (χ2v) is 7.68. The molecular weight excluding hydrogens is 435 g/mol. The number of ketones is 1. The number of hydrogen-bond donors (Lipinski definition) is 0. The zero-order chi connectivity index (χ0) is 21.4. The molecule has 0 aliphatic carbocycles. The van der Waals surface area contributed by atoms with Crippen molar-refractivity contribution in [3.05, 3.63) is 100 Å². The first-order valence-corrected chi connectivity index (χ1v) is 10.2. The third-order valence-electron chi connectivity index (χ3n) is 4.93. The lowest BCUT2D eigenvalue weighted by Gasteiger charge is -2.07. The van der Waals surface area contributed by atoms with E-state index in [4.69, 9.17) is 27.7 Å². The lowest BCUT2D eigenvalue weighted by Crippen LogP contribution is -2.04. The van der Waals surface area contributed by atoms with Gasteiger partial charge in [-0.15, -0.1) is 0 Å². The second kappa shape index (κ2) is 7.98. The normalized spacial score (nSPS) is 11.2. The van der Waals surface area contributed by atoms with Crippen LogP contribution in [0.2, 0.25) is 10.2 Å². The van der Waals surface area contributed by atoms with Gasteiger partial charge in [0.1, 0.15) is 5.15 Å². The zero-order valence-electron chi connectivity index (χ0n) is 16.0. The van der Waals surface area contributed by atoms with E-state index in [1.807, 2.05) is 53.1 Å². The maximum Gasteiger partial charge on any atom is 0.299 e. The van der Waals surface area contributed by atoms with E-state index in [0.29, 0.717) is 33.2 Å². The Labute approximate surface area is 187 Å². The van der Waals surface area contributed by atoms with Crippen molar-refractivity contribution in [3.8, 4) is 11.4 Å². The van der Waals surface area contributed by atoms with E-state index in [-0.39, 0.29) is 11.7 Å². The number of para-hydroxylation sites is 1. The molecular formula is C23H14Cl2N4O2. The Kier molecular flexibility index (Phi) is 5.02. The molecule has 0 saturated carbocycles. The average Bonchev–Trinajstić information content (AvgIpc) is 3.40. The molecule has 8 heteroatoms. The number of benzene rings is 2. The SMILES string of the molecule is O=C(c1nc(-c2cccnc2)no1)c1c(Cl)n(Cc2ccc(Cl)cc2)c2ccccc12. The van der Waals surface area contributed by atoms with Crippen molar-refractivity contribution in [3.63, 3.8) is 0 Å². The van der Waals surface area contributed by atoms with Crippen LogP contribution in [0.3, 0.4) is 0 Å². The second-order valence-electron chi connectivity index (χ2n) is 6.89. The highest BCUT2D eigenvalue weighted by Gasteiger charge is 2.27. The first-order chi connectivity index (χ1) is 15.1. The summed E-state index contributed by atoms with van der Waals surface area (Å²) in [6, 6.07) is 18.6. The van der Waals surface area contributed by atoms with E-state index in [1.165, 1.54) is 0 Å². The summed E-state index contributed by atoms with van der Waals surface area (Å²) in [7, 11) is 0. The molecule has 0 fully saturated rings. The molecule has 0 saturated heterocycles. The highest BCUT2D eigenvalue weighted by Crippen LogP contribution is 2.33. The van der Waals surface area contributed by atoms with Crippen LogP contribution in [0.1, 0.15) is 21.8 Å². The summed E-state index contributed by atoms with van der Waals surface area (Å²) in [4.78, 5) is 21.6. The number of pyridine rings is 1. The molecule has 0 radical (unpaired) electrons. The van der Waals surface area contributed by atoms with Gasteiger partial charge in [-0.3, -0.25) is 9.78 Å². The van der Waals surface area contributed by atoms with Gasteiger partial charge in [0.05, 0.1) is 11.1 Å². The first kappa shape index (κ1) is 19.5. The van der Waals surface area contributed by atoms with Crippen LogP contribution in [-0.2, 0) is 6.54 Å². The zero-order valence-corrected chi connectivity index (χ0v) is 17.5. The Morgan fingerprint density at radius 1 is 1.00 bits per heavy atom. The molecule has 0 aliphatic heterocycles. The molecule has 6 nitrogen and oxygen atoms in total. The average molecular weight is 449 g/mol. The van der Waals surface area contributed by atoms with Crippen LogP contribution in [0, 0.1) is 0 Å². The minimum Gasteiger partial charge on any atom is -0.330 e. The van der Waals surface area contributed by atoms with Crippen molar-refractivity contribution in [2.24, 2.45) is 0 Å². The lowest BCUT2D eigenvalue weighted by molar-refractivity contribution is 0.0995. The van der Waals surface area contributed by atoms with Gasteiger partial charge in [0.15, 0.2) is 0 Å². The molecule has 0 unspecified atom stereocenters. The number of rotatable bonds is 5. The van der Waals surface area contributed by atoms with Crippen LogP contribution in [0.4, 0.5) is 0 Å². The van der Waals surface area contributed by atoms with Crippen LogP contribution in [0.15, 0.2) is 77.6 Å². The van der Waals surface area contributed by atoms with Crippen molar-refractivity contribution in [1.82, 2.24) is 19.7 Å². The molecule has 5 rings (SSSR count). The fourth-order valence-corrected chi connectivity index (χ4v) is 3.91. The molecule has 0 N–H and O–H groups in total. The van der Waals surface area contributed by atoms with Crippen LogP contribution in [0.5, 0.6) is 0 Å². The summed E-state index contributed by atoms with van der Waals surface area (Å²) in [6.07, 6.45) is 3.25. The maximum absolute atomic E-state index is 13.3. The molecule has 0 spiro atoms. The van der Waals surface area contributed by atoms with Crippen molar-refractivity contribution in [1.29, 1.82) is 0 Å². The van der Waals surface area contributed by atoms with Gasteiger partial charge in [-0.05, 0) is 35.9 Å².